The fourth-order valence-electron chi connectivity index (χ4n) is 2.41. The summed E-state index contributed by atoms with van der Waals surface area (Å²) < 4.78 is 15.9. The Kier molecular flexibility index (Phi) is 5.75. The van der Waals surface area contributed by atoms with Gasteiger partial charge >= 0.3 is 0 Å². The van der Waals surface area contributed by atoms with Gasteiger partial charge in [0.25, 0.3) is 0 Å². The maximum absolute atomic E-state index is 10.0. The molecule has 2 heterocycles. The van der Waals surface area contributed by atoms with E-state index in [0.717, 1.165) is 0 Å². The van der Waals surface area contributed by atoms with E-state index in [0.29, 0.717) is 0 Å². The van der Waals surface area contributed by atoms with Crippen LogP contribution in [0.1, 0.15) is 6.92 Å². The minimum atomic E-state index is -1.57. The lowest BCUT2D eigenvalue weighted by molar-refractivity contribution is -0.296. The van der Waals surface area contributed by atoms with E-state index in [9.17, 15) is 20.4 Å². The lowest BCUT2D eigenvalue weighted by atomic mass is 9.99. The molecule has 4 unspecified atom stereocenters. The van der Waals surface area contributed by atoms with Crippen molar-refractivity contribution in [3.05, 3.63) is 11.8 Å². The van der Waals surface area contributed by atoms with E-state index in [4.69, 9.17) is 24.4 Å². The molecule has 0 bridgehead atoms. The first kappa shape index (κ1) is 17.6. The minimum Gasteiger partial charge on any atom is -0.464 e. The normalized spacial score (nSPS) is 46.2. The van der Waals surface area contributed by atoms with Crippen LogP contribution in [0.5, 0.6) is 0 Å². The third kappa shape index (κ3) is 3.42. The van der Waals surface area contributed by atoms with E-state index >= 15 is 0 Å². The summed E-state index contributed by atoms with van der Waals surface area (Å²) in [5, 5.41) is 57.5. The topological polar surface area (TPSA) is 149 Å². The smallest absolute Gasteiger partial charge is 0.228 e. The predicted molar refractivity (Wildman–Crippen MR) is 70.4 cm³/mol. The van der Waals surface area contributed by atoms with Crippen LogP contribution in [0.2, 0.25) is 0 Å². The zero-order valence-corrected chi connectivity index (χ0v) is 12.0. The summed E-state index contributed by atoms with van der Waals surface area (Å²) in [5.74, 6) is 0.0159. The molecule has 6 N–H and O–H groups in total. The summed E-state index contributed by atoms with van der Waals surface area (Å²) >= 11 is 0. The second-order valence-corrected chi connectivity index (χ2v) is 5.39. The van der Waals surface area contributed by atoms with E-state index in [-0.39, 0.29) is 12.4 Å². The van der Waals surface area contributed by atoms with Gasteiger partial charge in [-0.1, -0.05) is 0 Å². The molecule has 0 radical (unpaired) electrons. The van der Waals surface area contributed by atoms with E-state index in [1.807, 2.05) is 0 Å². The molecule has 0 saturated carbocycles. The molecule has 8 atom stereocenters. The number of hydrogen-bond acceptors (Lipinski definition) is 9. The molecular formula is C13H22O9. The molecule has 2 aliphatic heterocycles. The van der Waals surface area contributed by atoms with E-state index in [2.05, 4.69) is 0 Å². The third-order valence-corrected chi connectivity index (χ3v) is 3.76. The highest BCUT2D eigenvalue weighted by molar-refractivity contribution is 5.10. The van der Waals surface area contributed by atoms with Crippen LogP contribution in [0.4, 0.5) is 0 Å². The molecule has 9 nitrogen and oxygen atoms in total. The summed E-state index contributed by atoms with van der Waals surface area (Å²) in [7, 11) is 0. The fraction of sp³-hybridized carbons (Fsp3) is 0.846. The second-order valence-electron chi connectivity index (χ2n) is 5.39. The van der Waals surface area contributed by atoms with Crippen LogP contribution in [0.3, 0.4) is 0 Å². The van der Waals surface area contributed by atoms with Crippen LogP contribution in [0.25, 0.3) is 0 Å². The van der Waals surface area contributed by atoms with Crippen LogP contribution < -0.4 is 0 Å². The monoisotopic (exact) mass is 322 g/mol. The van der Waals surface area contributed by atoms with Crippen molar-refractivity contribution in [3.63, 3.8) is 0 Å². The van der Waals surface area contributed by atoms with Crippen molar-refractivity contribution >= 4 is 0 Å². The van der Waals surface area contributed by atoms with Gasteiger partial charge in [0, 0.05) is 0 Å². The first-order valence-corrected chi connectivity index (χ1v) is 7.02. The van der Waals surface area contributed by atoms with E-state index < -0.39 is 55.6 Å². The van der Waals surface area contributed by atoms with Crippen molar-refractivity contribution in [2.45, 2.75) is 55.9 Å². The fourth-order valence-corrected chi connectivity index (χ4v) is 2.41. The maximum atomic E-state index is 10.0. The molecule has 128 valence electrons. The first-order valence-electron chi connectivity index (χ1n) is 7.02. The zero-order valence-electron chi connectivity index (χ0n) is 12.0. The highest BCUT2D eigenvalue weighted by Crippen LogP contribution is 2.27. The van der Waals surface area contributed by atoms with Gasteiger partial charge in [0.05, 0.1) is 19.3 Å². The van der Waals surface area contributed by atoms with Gasteiger partial charge in [0.15, 0.2) is 0 Å². The molecule has 1 saturated heterocycles. The summed E-state index contributed by atoms with van der Waals surface area (Å²) in [4.78, 5) is 0. The number of hydrogen-bond donors (Lipinski definition) is 6. The second kappa shape index (κ2) is 7.20. The summed E-state index contributed by atoms with van der Waals surface area (Å²) in [5.41, 5.74) is 0. The average Bonchev–Trinajstić information content (AvgIpc) is 2.51. The standard InChI is InChI=1S/C13H22O9/c1-5-9(16)7(2-6(3-14)20-5)21-13-12(19)11(18)10(17)8(4-15)22-13/h2,5-6,8-19H,3-4H2,1H3/t5-,6?,8?,9?,10-,11-,12?,13+/m0/s1. The molecule has 0 spiro atoms. The molecule has 0 amide bonds. The molecule has 0 aromatic rings. The molecule has 0 aromatic carbocycles. The Morgan fingerprint density at radius 1 is 1.00 bits per heavy atom. The van der Waals surface area contributed by atoms with Gasteiger partial charge in [0.1, 0.15) is 42.4 Å². The lowest BCUT2D eigenvalue weighted by Crippen LogP contribution is -2.59. The summed E-state index contributed by atoms with van der Waals surface area (Å²) in [6, 6.07) is 0. The third-order valence-electron chi connectivity index (χ3n) is 3.76. The van der Waals surface area contributed by atoms with Gasteiger partial charge in [0.2, 0.25) is 6.29 Å². The Labute approximate surface area is 127 Å². The number of rotatable bonds is 4. The Morgan fingerprint density at radius 2 is 1.68 bits per heavy atom. The maximum Gasteiger partial charge on any atom is 0.228 e. The molecule has 22 heavy (non-hydrogen) atoms. The highest BCUT2D eigenvalue weighted by Gasteiger charge is 2.45. The minimum absolute atomic E-state index is 0.0159. The van der Waals surface area contributed by atoms with Crippen molar-refractivity contribution in [2.75, 3.05) is 13.2 Å². The molecule has 1 fully saturated rings. The molecule has 0 aliphatic carbocycles. The molecule has 2 aliphatic rings. The van der Waals surface area contributed by atoms with Crippen LogP contribution in [-0.4, -0.2) is 92.9 Å². The van der Waals surface area contributed by atoms with Crippen LogP contribution in [0, 0.1) is 0 Å². The predicted octanol–water partition coefficient (Wildman–Crippen LogP) is -3.17. The van der Waals surface area contributed by atoms with Crippen LogP contribution >= 0.6 is 0 Å². The van der Waals surface area contributed by atoms with Gasteiger partial charge in [-0.25, -0.2) is 0 Å². The van der Waals surface area contributed by atoms with Gasteiger partial charge in [-0.2, -0.15) is 0 Å². The lowest BCUT2D eigenvalue weighted by Gasteiger charge is -2.41. The van der Waals surface area contributed by atoms with E-state index in [1.54, 1.807) is 6.92 Å². The Hall–Kier alpha value is -0.780. The van der Waals surface area contributed by atoms with Crippen molar-refractivity contribution in [1.29, 1.82) is 0 Å². The Bertz CT molecular complexity index is 399. The number of ether oxygens (including phenoxy) is 3. The van der Waals surface area contributed by atoms with Gasteiger partial charge < -0.3 is 44.8 Å². The number of aliphatic hydroxyl groups excluding tert-OH is 6. The first-order chi connectivity index (χ1) is 10.4. The summed E-state index contributed by atoms with van der Waals surface area (Å²) in [6.07, 6.45) is -8.26. The quantitative estimate of drug-likeness (QED) is 0.315. The summed E-state index contributed by atoms with van der Waals surface area (Å²) in [6.45, 7) is 0.681. The van der Waals surface area contributed by atoms with Gasteiger partial charge in [-0.15, -0.1) is 0 Å². The number of aliphatic hydroxyl groups is 6. The van der Waals surface area contributed by atoms with E-state index in [1.165, 1.54) is 6.08 Å². The molecule has 2 rings (SSSR count). The Morgan fingerprint density at radius 3 is 2.27 bits per heavy atom. The van der Waals surface area contributed by atoms with Crippen molar-refractivity contribution in [2.24, 2.45) is 0 Å². The largest absolute Gasteiger partial charge is 0.464 e. The SMILES string of the molecule is C[C@@H]1OC(CO)C=C(O[C@@H]2OC(CO)[C@H](O)[C@H](O)C2O)C1O. The van der Waals surface area contributed by atoms with Crippen molar-refractivity contribution in [1.82, 2.24) is 0 Å². The Balaban J connectivity index is 2.12. The molecular weight excluding hydrogens is 300 g/mol. The highest BCUT2D eigenvalue weighted by atomic mass is 16.7. The van der Waals surface area contributed by atoms with Crippen molar-refractivity contribution < 1.29 is 44.8 Å². The van der Waals surface area contributed by atoms with Crippen molar-refractivity contribution in [3.8, 4) is 0 Å². The molecule has 0 aromatic heterocycles. The van der Waals surface area contributed by atoms with Crippen LogP contribution in [0.15, 0.2) is 11.8 Å². The van der Waals surface area contributed by atoms with Crippen LogP contribution in [-0.2, 0) is 14.2 Å². The molecule has 9 heteroatoms. The zero-order chi connectivity index (χ0) is 16.4. The van der Waals surface area contributed by atoms with Gasteiger partial charge in [-0.05, 0) is 13.0 Å². The average molecular weight is 322 g/mol. The van der Waals surface area contributed by atoms with Gasteiger partial charge in [-0.3, -0.25) is 0 Å².